The molecule has 4 nitrogen and oxygen atoms in total. The van der Waals surface area contributed by atoms with Crippen molar-refractivity contribution < 1.29 is 18.3 Å². The number of ether oxygens (including phenoxy) is 1. The van der Waals surface area contributed by atoms with E-state index in [0.717, 1.165) is 18.2 Å². The maximum absolute atomic E-state index is 13.2. The van der Waals surface area contributed by atoms with Crippen LogP contribution in [-0.4, -0.2) is 16.3 Å². The highest BCUT2D eigenvalue weighted by Gasteiger charge is 2.07. The molecule has 0 aliphatic carbocycles. The van der Waals surface area contributed by atoms with Gasteiger partial charge < -0.3 is 4.74 Å². The third kappa shape index (κ3) is 2.60. The Morgan fingerprint density at radius 3 is 2.53 bits per heavy atom. The summed E-state index contributed by atoms with van der Waals surface area (Å²) in [7, 11) is 0. The van der Waals surface area contributed by atoms with Crippen LogP contribution in [0.15, 0.2) is 30.6 Å². The minimum Gasteiger partial charge on any atom is -0.421 e. The predicted molar refractivity (Wildman–Crippen MR) is 53.9 cm³/mol. The lowest BCUT2D eigenvalue weighted by Gasteiger charge is -2.04. The second kappa shape index (κ2) is 4.65. The Labute approximate surface area is 94.9 Å². The largest absolute Gasteiger partial charge is 0.421 e. The molecule has 17 heavy (non-hydrogen) atoms. The van der Waals surface area contributed by atoms with Crippen LogP contribution in [0, 0.1) is 11.6 Å². The maximum Gasteiger partial charge on any atom is 0.322 e. The highest BCUT2D eigenvalue weighted by molar-refractivity contribution is 5.73. The van der Waals surface area contributed by atoms with E-state index < -0.39 is 11.6 Å². The van der Waals surface area contributed by atoms with E-state index in [2.05, 4.69) is 9.97 Å². The van der Waals surface area contributed by atoms with Gasteiger partial charge in [-0.1, -0.05) is 0 Å². The number of carbonyl (C=O) groups excluding carboxylic acids is 1. The zero-order valence-corrected chi connectivity index (χ0v) is 8.43. The van der Waals surface area contributed by atoms with Crippen molar-refractivity contribution in [3.05, 3.63) is 47.8 Å². The second-order valence-electron chi connectivity index (χ2n) is 3.09. The summed E-state index contributed by atoms with van der Waals surface area (Å²) in [5.41, 5.74) is 0.261. The molecule has 6 heteroatoms. The molecular formula is C11H6F2N2O2. The number of hydrogen-bond acceptors (Lipinski definition) is 4. The number of benzene rings is 1. The molecule has 0 atom stereocenters. The van der Waals surface area contributed by atoms with Crippen LogP contribution >= 0.6 is 0 Å². The van der Waals surface area contributed by atoms with Gasteiger partial charge in [-0.15, -0.1) is 0 Å². The summed E-state index contributed by atoms with van der Waals surface area (Å²) < 4.78 is 31.0. The van der Waals surface area contributed by atoms with Gasteiger partial charge in [-0.3, -0.25) is 4.79 Å². The molecule has 0 bridgehead atoms. The molecule has 0 saturated carbocycles. The molecule has 1 aromatic heterocycles. The Balaban J connectivity index is 2.24. The van der Waals surface area contributed by atoms with Crippen LogP contribution in [-0.2, 0) is 0 Å². The van der Waals surface area contributed by atoms with Crippen molar-refractivity contribution in [2.45, 2.75) is 0 Å². The van der Waals surface area contributed by atoms with Gasteiger partial charge in [-0.2, -0.15) is 0 Å². The lowest BCUT2D eigenvalue weighted by atomic mass is 10.3. The fraction of sp³-hybridized carbons (Fsp3) is 0. The van der Waals surface area contributed by atoms with Crippen molar-refractivity contribution in [2.24, 2.45) is 0 Å². The van der Waals surface area contributed by atoms with E-state index >= 15 is 0 Å². The van der Waals surface area contributed by atoms with E-state index in [9.17, 15) is 13.6 Å². The lowest BCUT2D eigenvalue weighted by Crippen LogP contribution is -1.95. The molecule has 86 valence electrons. The highest BCUT2D eigenvalue weighted by atomic mass is 19.1. The summed E-state index contributed by atoms with van der Waals surface area (Å²) in [6.07, 6.45) is 2.99. The molecule has 0 aliphatic rings. The van der Waals surface area contributed by atoms with Crippen molar-refractivity contribution in [3.8, 4) is 11.8 Å². The van der Waals surface area contributed by atoms with Crippen LogP contribution in [0.3, 0.4) is 0 Å². The third-order valence-electron chi connectivity index (χ3n) is 1.88. The Bertz CT molecular complexity index is 544. The summed E-state index contributed by atoms with van der Waals surface area (Å²) >= 11 is 0. The van der Waals surface area contributed by atoms with Gasteiger partial charge in [0.1, 0.15) is 5.82 Å². The van der Waals surface area contributed by atoms with Crippen molar-refractivity contribution in [3.63, 3.8) is 0 Å². The number of halogens is 2. The summed E-state index contributed by atoms with van der Waals surface area (Å²) in [4.78, 5) is 17.7. The fourth-order valence-corrected chi connectivity index (χ4v) is 1.09. The Hall–Kier alpha value is -2.37. The molecule has 0 amide bonds. The van der Waals surface area contributed by atoms with E-state index in [0.29, 0.717) is 6.29 Å². The van der Waals surface area contributed by atoms with E-state index in [1.165, 1.54) is 12.4 Å². The van der Waals surface area contributed by atoms with Gasteiger partial charge in [-0.25, -0.2) is 18.7 Å². The van der Waals surface area contributed by atoms with Crippen molar-refractivity contribution in [1.82, 2.24) is 9.97 Å². The highest BCUT2D eigenvalue weighted by Crippen LogP contribution is 2.22. The zero-order valence-electron chi connectivity index (χ0n) is 8.43. The monoisotopic (exact) mass is 236 g/mol. The van der Waals surface area contributed by atoms with E-state index in [1.807, 2.05) is 0 Å². The first kappa shape index (κ1) is 11.1. The fourth-order valence-electron chi connectivity index (χ4n) is 1.09. The Morgan fingerprint density at radius 1 is 1.18 bits per heavy atom. The molecule has 0 fully saturated rings. The first-order valence-electron chi connectivity index (χ1n) is 4.59. The summed E-state index contributed by atoms with van der Waals surface area (Å²) in [6, 6.07) is 2.62. The van der Waals surface area contributed by atoms with Gasteiger partial charge in [0.15, 0.2) is 17.9 Å². The predicted octanol–water partition coefficient (Wildman–Crippen LogP) is 2.36. The molecule has 0 radical (unpaired) electrons. The van der Waals surface area contributed by atoms with Gasteiger partial charge in [0.25, 0.3) is 0 Å². The molecule has 1 aromatic carbocycles. The first-order chi connectivity index (χ1) is 8.19. The first-order valence-corrected chi connectivity index (χ1v) is 4.59. The molecule has 0 unspecified atom stereocenters. The molecule has 1 heterocycles. The van der Waals surface area contributed by atoms with E-state index in [-0.39, 0.29) is 17.3 Å². The Kier molecular flexibility index (Phi) is 3.04. The van der Waals surface area contributed by atoms with E-state index in [4.69, 9.17) is 4.74 Å². The molecule has 2 aromatic rings. The summed E-state index contributed by atoms with van der Waals surface area (Å²) in [5.74, 6) is -1.68. The molecular weight excluding hydrogens is 230 g/mol. The quantitative estimate of drug-likeness (QED) is 0.767. The lowest BCUT2D eigenvalue weighted by molar-refractivity contribution is 0.112. The number of rotatable bonds is 3. The van der Waals surface area contributed by atoms with Gasteiger partial charge >= 0.3 is 6.01 Å². The van der Waals surface area contributed by atoms with Crippen molar-refractivity contribution in [1.29, 1.82) is 0 Å². The number of hydrogen-bond donors (Lipinski definition) is 0. The average molecular weight is 236 g/mol. The smallest absolute Gasteiger partial charge is 0.322 e. The molecule has 0 saturated heterocycles. The van der Waals surface area contributed by atoms with Crippen LogP contribution in [0.4, 0.5) is 8.78 Å². The normalized spacial score (nSPS) is 10.0. The molecule has 2 rings (SSSR count). The van der Waals surface area contributed by atoms with E-state index in [1.54, 1.807) is 0 Å². The second-order valence-corrected chi connectivity index (χ2v) is 3.09. The van der Waals surface area contributed by atoms with Gasteiger partial charge in [0.2, 0.25) is 0 Å². The minimum absolute atomic E-state index is 0.167. The van der Waals surface area contributed by atoms with Crippen LogP contribution in [0.5, 0.6) is 11.8 Å². The SMILES string of the molecule is O=Cc1cnc(Oc2cc(F)ccc2F)nc1. The van der Waals surface area contributed by atoms with Crippen LogP contribution in [0.2, 0.25) is 0 Å². The van der Waals surface area contributed by atoms with Crippen LogP contribution in [0.25, 0.3) is 0 Å². The summed E-state index contributed by atoms with van der Waals surface area (Å²) in [5, 5.41) is 0. The maximum atomic E-state index is 13.2. The van der Waals surface area contributed by atoms with Crippen LogP contribution < -0.4 is 4.74 Å². The number of carbonyl (C=O) groups is 1. The number of aromatic nitrogens is 2. The van der Waals surface area contributed by atoms with Crippen LogP contribution in [0.1, 0.15) is 10.4 Å². The standard InChI is InChI=1S/C11H6F2N2O2/c12-8-1-2-9(13)10(3-8)17-11-14-4-7(6-16)5-15-11/h1-6H. The number of aldehydes is 1. The molecule has 0 aliphatic heterocycles. The van der Waals surface area contributed by atoms with Gasteiger partial charge in [-0.05, 0) is 12.1 Å². The minimum atomic E-state index is -0.727. The molecule has 0 N–H and O–H groups in total. The average Bonchev–Trinajstić information content (AvgIpc) is 2.35. The zero-order chi connectivity index (χ0) is 12.3. The van der Waals surface area contributed by atoms with Gasteiger partial charge in [0, 0.05) is 18.5 Å². The van der Waals surface area contributed by atoms with Crippen molar-refractivity contribution >= 4 is 6.29 Å². The molecule has 0 spiro atoms. The number of nitrogens with zero attached hydrogens (tertiary/aromatic N) is 2. The Morgan fingerprint density at radius 2 is 1.88 bits per heavy atom. The summed E-state index contributed by atoms with van der Waals surface area (Å²) in [6.45, 7) is 0. The topological polar surface area (TPSA) is 52.1 Å². The van der Waals surface area contributed by atoms with Crippen molar-refractivity contribution in [2.75, 3.05) is 0 Å². The van der Waals surface area contributed by atoms with Gasteiger partial charge in [0.05, 0.1) is 5.56 Å². The third-order valence-corrected chi connectivity index (χ3v) is 1.88.